The van der Waals surface area contributed by atoms with E-state index in [1.54, 1.807) is 6.92 Å². The van der Waals surface area contributed by atoms with Gasteiger partial charge >= 0.3 is 5.97 Å². The van der Waals surface area contributed by atoms with Gasteiger partial charge < -0.3 is 10.1 Å². The maximum Gasteiger partial charge on any atom is 0.316 e. The summed E-state index contributed by atoms with van der Waals surface area (Å²) in [4.78, 5) is 24.6. The van der Waals surface area contributed by atoms with Crippen molar-refractivity contribution < 1.29 is 14.3 Å². The third-order valence-electron chi connectivity index (χ3n) is 3.87. The van der Waals surface area contributed by atoms with Crippen LogP contribution in [-0.4, -0.2) is 29.8 Å². The molecular weight excluding hydrogens is 392 g/mol. The van der Waals surface area contributed by atoms with Gasteiger partial charge in [0.25, 0.3) is 5.91 Å². The summed E-state index contributed by atoms with van der Waals surface area (Å²) in [5.41, 5.74) is 0.196. The van der Waals surface area contributed by atoms with E-state index in [0.29, 0.717) is 0 Å². The number of benzene rings is 1. The first kappa shape index (κ1) is 18.8. The lowest BCUT2D eigenvalue weighted by Crippen LogP contribution is -2.48. The van der Waals surface area contributed by atoms with E-state index in [4.69, 9.17) is 4.74 Å². The summed E-state index contributed by atoms with van der Waals surface area (Å²) in [6, 6.07) is 7.95. The molecule has 2 rings (SSSR count). The van der Waals surface area contributed by atoms with Crippen molar-refractivity contribution in [3.63, 3.8) is 0 Å². The van der Waals surface area contributed by atoms with Crippen molar-refractivity contribution in [2.24, 2.45) is 5.92 Å². The van der Waals surface area contributed by atoms with Crippen molar-refractivity contribution >= 4 is 39.6 Å². The number of carbonyl (C=O) groups is 2. The van der Waals surface area contributed by atoms with Crippen LogP contribution in [0.3, 0.4) is 0 Å². The Morgan fingerprint density at radius 2 is 2.21 bits per heavy atom. The third kappa shape index (κ3) is 5.25. The highest BCUT2D eigenvalue weighted by Crippen LogP contribution is 2.39. The minimum atomic E-state index is -0.868. The molecule has 0 radical (unpaired) electrons. The average molecular weight is 411 g/mol. The van der Waals surface area contributed by atoms with Crippen LogP contribution in [0.4, 0.5) is 0 Å². The van der Waals surface area contributed by atoms with Crippen molar-refractivity contribution in [2.45, 2.75) is 37.1 Å². The number of nitrogens with one attached hydrogen (secondary N) is 1. The minimum absolute atomic E-state index is 0.133. The van der Waals surface area contributed by atoms with Crippen LogP contribution in [0.15, 0.2) is 27.6 Å². The van der Waals surface area contributed by atoms with E-state index in [1.165, 1.54) is 11.8 Å². The van der Waals surface area contributed by atoms with Crippen molar-refractivity contribution in [2.75, 3.05) is 12.4 Å². The Morgan fingerprint density at radius 3 is 2.79 bits per heavy atom. The van der Waals surface area contributed by atoms with Crippen LogP contribution >= 0.6 is 27.7 Å². The Kier molecular flexibility index (Phi) is 6.30. The Labute approximate surface area is 154 Å². The van der Waals surface area contributed by atoms with Gasteiger partial charge in [0.05, 0.1) is 11.8 Å². The topological polar surface area (TPSA) is 79.2 Å². The van der Waals surface area contributed by atoms with E-state index in [1.807, 2.05) is 25.1 Å². The summed E-state index contributed by atoms with van der Waals surface area (Å²) in [6.45, 7) is 3.31. The van der Waals surface area contributed by atoms with Crippen LogP contribution in [0.1, 0.15) is 25.3 Å². The smallest absolute Gasteiger partial charge is 0.316 e. The summed E-state index contributed by atoms with van der Waals surface area (Å²) < 4.78 is 5.98. The number of rotatable bonds is 7. The maximum atomic E-state index is 11.9. The molecule has 0 heterocycles. The van der Waals surface area contributed by atoms with Crippen LogP contribution in [0.5, 0.6) is 0 Å². The minimum Gasteiger partial charge on any atom is -0.455 e. The van der Waals surface area contributed by atoms with Gasteiger partial charge in [0.2, 0.25) is 0 Å². The number of nitrogens with zero attached hydrogens (tertiary/aromatic N) is 1. The first-order valence-corrected chi connectivity index (χ1v) is 9.39. The Bertz CT molecular complexity index is 685. The highest BCUT2D eigenvalue weighted by atomic mass is 79.9. The first-order chi connectivity index (χ1) is 11.3. The van der Waals surface area contributed by atoms with Crippen LogP contribution in [-0.2, 0) is 14.3 Å². The fraction of sp³-hybridized carbons (Fsp3) is 0.471. The molecule has 1 saturated carbocycles. The van der Waals surface area contributed by atoms with E-state index >= 15 is 0 Å². The van der Waals surface area contributed by atoms with Gasteiger partial charge in [-0.15, -0.1) is 11.8 Å². The standard InChI is InChI=1S/C17H19BrN2O3S/c1-11-7-13(18)5-6-14(11)24-9-16(22)23-8-15(21)20-17(2,10-19)12-3-4-12/h5-7,12H,3-4,8-9H2,1-2H3,(H,20,21)/t17-/m0/s1. The zero-order valence-electron chi connectivity index (χ0n) is 13.6. The summed E-state index contributed by atoms with van der Waals surface area (Å²) in [6.07, 6.45) is 1.88. The fourth-order valence-electron chi connectivity index (χ4n) is 2.31. The molecule has 5 nitrogen and oxygen atoms in total. The zero-order valence-corrected chi connectivity index (χ0v) is 16.0. The number of aryl methyl sites for hydroxylation is 1. The van der Waals surface area contributed by atoms with Crippen molar-refractivity contribution in [1.29, 1.82) is 5.26 Å². The molecule has 1 aliphatic rings. The van der Waals surface area contributed by atoms with Gasteiger partial charge in [-0.1, -0.05) is 15.9 Å². The second-order valence-corrected chi connectivity index (χ2v) is 7.93. The molecular formula is C17H19BrN2O3S. The van der Waals surface area contributed by atoms with Gasteiger partial charge in [0.1, 0.15) is 5.54 Å². The van der Waals surface area contributed by atoms with Crippen molar-refractivity contribution in [3.05, 3.63) is 28.2 Å². The quantitative estimate of drug-likeness (QED) is 0.551. The number of esters is 1. The van der Waals surface area contributed by atoms with Gasteiger partial charge in [-0.25, -0.2) is 0 Å². The molecule has 1 amide bonds. The average Bonchev–Trinajstić information content (AvgIpc) is 3.37. The third-order valence-corrected chi connectivity index (χ3v) is 5.51. The lowest BCUT2D eigenvalue weighted by Gasteiger charge is -2.22. The lowest BCUT2D eigenvalue weighted by molar-refractivity contribution is -0.146. The van der Waals surface area contributed by atoms with E-state index < -0.39 is 17.4 Å². The SMILES string of the molecule is Cc1cc(Br)ccc1SCC(=O)OCC(=O)N[C@@](C)(C#N)C1CC1. The molecule has 0 saturated heterocycles. The van der Waals surface area contributed by atoms with Gasteiger partial charge in [-0.3, -0.25) is 9.59 Å². The molecule has 128 valence electrons. The van der Waals surface area contributed by atoms with Gasteiger partial charge in [-0.05, 0) is 56.4 Å². The molecule has 1 aromatic carbocycles. The van der Waals surface area contributed by atoms with E-state index in [2.05, 4.69) is 27.3 Å². The van der Waals surface area contributed by atoms with E-state index in [9.17, 15) is 14.9 Å². The van der Waals surface area contributed by atoms with Gasteiger partial charge in [0, 0.05) is 9.37 Å². The highest BCUT2D eigenvalue weighted by molar-refractivity contribution is 9.10. The van der Waals surface area contributed by atoms with Crippen LogP contribution in [0.25, 0.3) is 0 Å². The summed E-state index contributed by atoms with van der Waals surface area (Å²) >= 11 is 4.76. The van der Waals surface area contributed by atoms with Gasteiger partial charge in [0.15, 0.2) is 6.61 Å². The summed E-state index contributed by atoms with van der Waals surface area (Å²) in [5, 5.41) is 11.9. The van der Waals surface area contributed by atoms with E-state index in [0.717, 1.165) is 27.8 Å². The van der Waals surface area contributed by atoms with Crippen molar-refractivity contribution in [1.82, 2.24) is 5.32 Å². The number of nitriles is 1. The monoisotopic (exact) mass is 410 g/mol. The highest BCUT2D eigenvalue weighted by Gasteiger charge is 2.43. The van der Waals surface area contributed by atoms with Crippen LogP contribution in [0, 0.1) is 24.2 Å². The number of hydrogen-bond donors (Lipinski definition) is 1. The Morgan fingerprint density at radius 1 is 1.50 bits per heavy atom. The fourth-order valence-corrected chi connectivity index (χ4v) is 3.59. The van der Waals surface area contributed by atoms with Crippen molar-refractivity contribution in [3.8, 4) is 6.07 Å². The molecule has 24 heavy (non-hydrogen) atoms. The van der Waals surface area contributed by atoms with Crippen LogP contribution in [0.2, 0.25) is 0 Å². The molecule has 7 heteroatoms. The number of carbonyl (C=O) groups excluding carboxylic acids is 2. The molecule has 0 spiro atoms. The Balaban J connectivity index is 1.74. The van der Waals surface area contributed by atoms with Crippen LogP contribution < -0.4 is 5.32 Å². The molecule has 0 unspecified atom stereocenters. The predicted octanol–water partition coefficient (Wildman–Crippen LogP) is 3.20. The largest absolute Gasteiger partial charge is 0.455 e. The number of ether oxygens (including phenoxy) is 1. The molecule has 1 N–H and O–H groups in total. The molecule has 1 aromatic rings. The predicted molar refractivity (Wildman–Crippen MR) is 95.4 cm³/mol. The summed E-state index contributed by atoms with van der Waals surface area (Å²) in [5.74, 6) is -0.571. The number of amides is 1. The number of hydrogen-bond acceptors (Lipinski definition) is 5. The summed E-state index contributed by atoms with van der Waals surface area (Å²) in [7, 11) is 0. The lowest BCUT2D eigenvalue weighted by atomic mass is 9.98. The number of halogens is 1. The molecule has 1 aliphatic carbocycles. The first-order valence-electron chi connectivity index (χ1n) is 7.61. The molecule has 0 aliphatic heterocycles. The zero-order chi connectivity index (χ0) is 17.7. The second-order valence-electron chi connectivity index (χ2n) is 6.00. The Hall–Kier alpha value is -1.52. The molecule has 0 bridgehead atoms. The molecule has 1 fully saturated rings. The normalized spacial score (nSPS) is 15.9. The number of thioether (sulfide) groups is 1. The van der Waals surface area contributed by atoms with E-state index in [-0.39, 0.29) is 18.3 Å². The molecule has 1 atom stereocenters. The molecule has 0 aromatic heterocycles. The second kappa shape index (κ2) is 8.04. The van der Waals surface area contributed by atoms with Gasteiger partial charge in [-0.2, -0.15) is 5.26 Å². The maximum absolute atomic E-state index is 11.9.